The molecule has 2 rings (SSSR count). The lowest BCUT2D eigenvalue weighted by atomic mass is 9.82. The fourth-order valence-electron chi connectivity index (χ4n) is 2.90. The molecule has 28 heavy (non-hydrogen) atoms. The van der Waals surface area contributed by atoms with Gasteiger partial charge in [0.1, 0.15) is 10.8 Å². The van der Waals surface area contributed by atoms with Crippen LogP contribution in [-0.4, -0.2) is 22.7 Å². The Morgan fingerprint density at radius 2 is 1.82 bits per heavy atom. The third-order valence-corrected chi connectivity index (χ3v) is 6.36. The van der Waals surface area contributed by atoms with Gasteiger partial charge in [0, 0.05) is 12.3 Å². The topological polar surface area (TPSA) is 64.1 Å². The van der Waals surface area contributed by atoms with E-state index in [2.05, 4.69) is 62.3 Å². The summed E-state index contributed by atoms with van der Waals surface area (Å²) < 4.78 is 5.77. The number of ether oxygens (including phenoxy) is 1. The smallest absolute Gasteiger partial charge is 0.226 e. The molecule has 1 N–H and O–H groups in total. The van der Waals surface area contributed by atoms with E-state index >= 15 is 0 Å². The van der Waals surface area contributed by atoms with Crippen LogP contribution in [0.15, 0.2) is 24.3 Å². The minimum Gasteiger partial charge on any atom is -0.494 e. The van der Waals surface area contributed by atoms with E-state index in [-0.39, 0.29) is 11.3 Å². The van der Waals surface area contributed by atoms with Gasteiger partial charge in [-0.15, -0.1) is 10.2 Å². The summed E-state index contributed by atoms with van der Waals surface area (Å²) in [5, 5.41) is 12.7. The number of amides is 1. The molecule has 0 aliphatic carbocycles. The number of aromatic nitrogens is 2. The van der Waals surface area contributed by atoms with Crippen LogP contribution in [0, 0.1) is 0 Å². The fourth-order valence-corrected chi connectivity index (χ4v) is 3.93. The van der Waals surface area contributed by atoms with Gasteiger partial charge in [0.2, 0.25) is 11.0 Å². The molecule has 0 saturated heterocycles. The fraction of sp³-hybridized carbons (Fsp3) is 0.591. The summed E-state index contributed by atoms with van der Waals surface area (Å²) in [4.78, 5) is 12.1. The van der Waals surface area contributed by atoms with E-state index in [0.29, 0.717) is 30.5 Å². The highest BCUT2D eigenvalue weighted by molar-refractivity contribution is 7.15. The molecule has 0 spiro atoms. The predicted molar refractivity (Wildman–Crippen MR) is 116 cm³/mol. The Hall–Kier alpha value is -1.95. The number of rotatable bonds is 11. The zero-order valence-corrected chi connectivity index (χ0v) is 18.6. The Morgan fingerprint density at radius 1 is 1.14 bits per heavy atom. The summed E-state index contributed by atoms with van der Waals surface area (Å²) in [6.07, 6.45) is 4.23. The summed E-state index contributed by atoms with van der Waals surface area (Å²) in [6.45, 7) is 11.5. The van der Waals surface area contributed by atoms with Crippen LogP contribution in [-0.2, 0) is 10.2 Å². The number of anilines is 1. The second kappa shape index (κ2) is 10.6. The monoisotopic (exact) mass is 403 g/mol. The maximum Gasteiger partial charge on any atom is 0.226 e. The molecule has 0 aliphatic heterocycles. The van der Waals surface area contributed by atoms with Gasteiger partial charge >= 0.3 is 0 Å². The zero-order valence-electron chi connectivity index (χ0n) is 17.7. The van der Waals surface area contributed by atoms with Gasteiger partial charge < -0.3 is 10.1 Å². The molecular formula is C22H33N3O2S. The lowest BCUT2D eigenvalue weighted by molar-refractivity contribution is -0.116. The standard InChI is InChI=1S/C22H33N3O2S/c1-6-16(7-2)20-24-25-21(28-20)23-19(26)10-9-15-27-18-13-11-17(12-14-18)22(4,5)8-3/h11-14,16H,6-10,15H2,1-5H3,(H,23,25,26). The van der Waals surface area contributed by atoms with Gasteiger partial charge in [-0.05, 0) is 48.8 Å². The molecule has 6 heteroatoms. The van der Waals surface area contributed by atoms with Crippen LogP contribution in [0.5, 0.6) is 5.75 Å². The molecule has 1 aromatic carbocycles. The van der Waals surface area contributed by atoms with Crippen molar-refractivity contribution in [2.45, 2.75) is 78.1 Å². The van der Waals surface area contributed by atoms with Gasteiger partial charge in [0.25, 0.3) is 0 Å². The number of benzene rings is 1. The van der Waals surface area contributed by atoms with Crippen LogP contribution in [0.1, 0.15) is 83.2 Å². The molecule has 0 fully saturated rings. The van der Waals surface area contributed by atoms with Crippen LogP contribution in [0.2, 0.25) is 0 Å². The van der Waals surface area contributed by atoms with Crippen LogP contribution in [0.25, 0.3) is 0 Å². The number of carbonyl (C=O) groups is 1. The highest BCUT2D eigenvalue weighted by Gasteiger charge is 2.17. The van der Waals surface area contributed by atoms with Crippen molar-refractivity contribution in [1.82, 2.24) is 10.2 Å². The lowest BCUT2D eigenvalue weighted by Crippen LogP contribution is -2.15. The van der Waals surface area contributed by atoms with E-state index in [1.54, 1.807) is 0 Å². The first kappa shape index (κ1) is 22.3. The van der Waals surface area contributed by atoms with Crippen molar-refractivity contribution in [1.29, 1.82) is 0 Å². The molecule has 5 nitrogen and oxygen atoms in total. The van der Waals surface area contributed by atoms with Gasteiger partial charge in [-0.1, -0.05) is 58.1 Å². The summed E-state index contributed by atoms with van der Waals surface area (Å²) >= 11 is 1.47. The van der Waals surface area contributed by atoms with Crippen LogP contribution < -0.4 is 10.1 Å². The Morgan fingerprint density at radius 3 is 2.43 bits per heavy atom. The molecule has 1 aromatic heterocycles. The third kappa shape index (κ3) is 6.30. The average Bonchev–Trinajstić information content (AvgIpc) is 3.14. The Labute approximate surface area is 172 Å². The largest absolute Gasteiger partial charge is 0.494 e. The average molecular weight is 404 g/mol. The normalized spacial score (nSPS) is 11.6. The van der Waals surface area contributed by atoms with E-state index in [0.717, 1.165) is 30.0 Å². The van der Waals surface area contributed by atoms with Crippen LogP contribution >= 0.6 is 11.3 Å². The maximum atomic E-state index is 12.1. The molecule has 0 atom stereocenters. The number of nitrogens with zero attached hydrogens (tertiary/aromatic N) is 2. The quantitative estimate of drug-likeness (QED) is 0.473. The van der Waals surface area contributed by atoms with E-state index < -0.39 is 0 Å². The highest BCUT2D eigenvalue weighted by Crippen LogP contribution is 2.29. The highest BCUT2D eigenvalue weighted by atomic mass is 32.1. The molecule has 154 valence electrons. The molecule has 0 aliphatic rings. The van der Waals surface area contributed by atoms with E-state index in [4.69, 9.17) is 4.74 Å². The van der Waals surface area contributed by atoms with Crippen LogP contribution in [0.4, 0.5) is 5.13 Å². The first-order chi connectivity index (χ1) is 13.4. The molecule has 0 unspecified atom stereocenters. The van der Waals surface area contributed by atoms with E-state index in [1.165, 1.54) is 16.9 Å². The second-order valence-corrected chi connectivity index (χ2v) is 8.73. The second-order valence-electron chi connectivity index (χ2n) is 7.72. The molecule has 0 radical (unpaired) electrons. The third-order valence-electron chi connectivity index (χ3n) is 5.36. The summed E-state index contributed by atoms with van der Waals surface area (Å²) in [7, 11) is 0. The zero-order chi connectivity index (χ0) is 20.6. The number of carbonyl (C=O) groups excluding carboxylic acids is 1. The van der Waals surface area contributed by atoms with Crippen molar-refractivity contribution >= 4 is 22.4 Å². The van der Waals surface area contributed by atoms with Crippen molar-refractivity contribution < 1.29 is 9.53 Å². The predicted octanol–water partition coefficient (Wildman–Crippen LogP) is 5.93. The molecule has 0 saturated carbocycles. The minimum absolute atomic E-state index is 0.0455. The van der Waals surface area contributed by atoms with Gasteiger partial charge in [-0.25, -0.2) is 0 Å². The molecule has 1 amide bonds. The molecule has 0 bridgehead atoms. The maximum absolute atomic E-state index is 12.1. The van der Waals surface area contributed by atoms with E-state index in [9.17, 15) is 4.79 Å². The molecule has 1 heterocycles. The first-order valence-corrected chi connectivity index (χ1v) is 11.1. The van der Waals surface area contributed by atoms with Gasteiger partial charge in [-0.3, -0.25) is 4.79 Å². The molecular weight excluding hydrogens is 370 g/mol. The lowest BCUT2D eigenvalue weighted by Gasteiger charge is -2.23. The minimum atomic E-state index is -0.0455. The van der Waals surface area contributed by atoms with Crippen molar-refractivity contribution in [2.75, 3.05) is 11.9 Å². The summed E-state index contributed by atoms with van der Waals surface area (Å²) in [6, 6.07) is 8.26. The van der Waals surface area contributed by atoms with E-state index in [1.807, 2.05) is 12.1 Å². The number of nitrogens with one attached hydrogen (secondary N) is 1. The Kier molecular flexibility index (Phi) is 8.42. The molecule has 2 aromatic rings. The first-order valence-electron chi connectivity index (χ1n) is 10.3. The van der Waals surface area contributed by atoms with Gasteiger partial charge in [0.15, 0.2) is 0 Å². The van der Waals surface area contributed by atoms with Crippen molar-refractivity contribution in [2.24, 2.45) is 0 Å². The van der Waals surface area contributed by atoms with Crippen molar-refractivity contribution in [3.8, 4) is 5.75 Å². The van der Waals surface area contributed by atoms with Crippen molar-refractivity contribution in [3.05, 3.63) is 34.8 Å². The summed E-state index contributed by atoms with van der Waals surface area (Å²) in [5.41, 5.74) is 1.49. The Balaban J connectivity index is 1.73. The Bertz CT molecular complexity index is 736. The van der Waals surface area contributed by atoms with Crippen molar-refractivity contribution in [3.63, 3.8) is 0 Å². The van der Waals surface area contributed by atoms with Gasteiger partial charge in [-0.2, -0.15) is 0 Å². The number of hydrogen-bond acceptors (Lipinski definition) is 5. The summed E-state index contributed by atoms with van der Waals surface area (Å²) in [5.74, 6) is 1.22. The van der Waals surface area contributed by atoms with Crippen LogP contribution in [0.3, 0.4) is 0 Å². The van der Waals surface area contributed by atoms with Gasteiger partial charge in [0.05, 0.1) is 6.61 Å². The SMILES string of the molecule is CCC(CC)c1nnc(NC(=O)CCCOc2ccc(C(C)(C)CC)cc2)s1. The number of hydrogen-bond donors (Lipinski definition) is 1.